The smallest absolute Gasteiger partial charge is 0.357 e. The molecule has 0 saturated carbocycles. The zero-order valence-electron chi connectivity index (χ0n) is 19.7. The number of hydrogen-bond donors (Lipinski definition) is 3. The Morgan fingerprint density at radius 3 is 2.47 bits per heavy atom. The van der Waals surface area contributed by atoms with E-state index in [1.807, 2.05) is 37.3 Å². The molecule has 11 heteroatoms. The van der Waals surface area contributed by atoms with Crippen LogP contribution in [0.25, 0.3) is 0 Å². The van der Waals surface area contributed by atoms with E-state index >= 15 is 0 Å². The molecule has 0 radical (unpaired) electrons. The number of amides is 2. The number of nitrogens with one attached hydrogen (secondary N) is 2. The third-order valence-electron chi connectivity index (χ3n) is 5.74. The summed E-state index contributed by atoms with van der Waals surface area (Å²) >= 11 is 1.07. The lowest BCUT2D eigenvalue weighted by atomic mass is 9.92. The van der Waals surface area contributed by atoms with Gasteiger partial charge < -0.3 is 30.6 Å². The topological polar surface area (TPSA) is 142 Å². The minimum Gasteiger partial charge on any atom is -0.486 e. The number of carbonyl (C=O) groups excluding carboxylic acids is 3. The second-order valence-corrected chi connectivity index (χ2v) is 8.94. The SMILES string of the molecule is COC(=O)c1csc(NC(=O)[C@@H](NC(=O)C(N)c2ccc3c(c2)OCCO3)[C@@H](C)c2ccccc2)n1. The Morgan fingerprint density at radius 1 is 1.03 bits per heavy atom. The Kier molecular flexibility index (Phi) is 7.81. The van der Waals surface area contributed by atoms with Crippen molar-refractivity contribution in [3.8, 4) is 11.5 Å². The number of nitrogens with two attached hydrogens (primary N) is 1. The molecule has 0 aliphatic carbocycles. The molecule has 36 heavy (non-hydrogen) atoms. The molecule has 1 aromatic heterocycles. The highest BCUT2D eigenvalue weighted by atomic mass is 32.1. The summed E-state index contributed by atoms with van der Waals surface area (Å²) in [5, 5.41) is 7.16. The van der Waals surface area contributed by atoms with E-state index in [-0.39, 0.29) is 10.8 Å². The molecule has 4 N–H and O–H groups in total. The molecule has 2 aromatic carbocycles. The van der Waals surface area contributed by atoms with E-state index in [0.29, 0.717) is 30.3 Å². The van der Waals surface area contributed by atoms with Crippen LogP contribution >= 0.6 is 11.3 Å². The lowest BCUT2D eigenvalue weighted by Crippen LogP contribution is -2.49. The van der Waals surface area contributed by atoms with Crippen LogP contribution in [0.2, 0.25) is 0 Å². The third kappa shape index (κ3) is 5.64. The van der Waals surface area contributed by atoms with Crippen LogP contribution in [0.3, 0.4) is 0 Å². The summed E-state index contributed by atoms with van der Waals surface area (Å²) in [6.45, 7) is 2.69. The quantitative estimate of drug-likeness (QED) is 0.393. The number of nitrogens with zero attached hydrogens (tertiary/aromatic N) is 1. The van der Waals surface area contributed by atoms with Gasteiger partial charge in [0.25, 0.3) is 0 Å². The van der Waals surface area contributed by atoms with Crippen LogP contribution in [0.4, 0.5) is 5.13 Å². The zero-order valence-corrected chi connectivity index (χ0v) is 20.5. The van der Waals surface area contributed by atoms with Gasteiger partial charge in [0, 0.05) is 11.3 Å². The van der Waals surface area contributed by atoms with Crippen LogP contribution in [0.5, 0.6) is 11.5 Å². The van der Waals surface area contributed by atoms with E-state index in [0.717, 1.165) is 16.9 Å². The minimum absolute atomic E-state index is 0.0788. The molecule has 10 nitrogen and oxygen atoms in total. The van der Waals surface area contributed by atoms with Crippen molar-refractivity contribution in [1.82, 2.24) is 10.3 Å². The average molecular weight is 511 g/mol. The summed E-state index contributed by atoms with van der Waals surface area (Å²) in [6, 6.07) is 12.3. The number of aromatic nitrogens is 1. The fourth-order valence-corrected chi connectivity index (χ4v) is 4.41. The molecule has 0 spiro atoms. The van der Waals surface area contributed by atoms with Crippen LogP contribution in [-0.4, -0.2) is 49.1 Å². The number of esters is 1. The molecule has 0 fully saturated rings. The van der Waals surface area contributed by atoms with Gasteiger partial charge in [-0.05, 0) is 23.3 Å². The van der Waals surface area contributed by atoms with Gasteiger partial charge >= 0.3 is 5.97 Å². The monoisotopic (exact) mass is 510 g/mol. The first-order chi connectivity index (χ1) is 17.4. The van der Waals surface area contributed by atoms with Crippen LogP contribution in [0.1, 0.15) is 40.5 Å². The van der Waals surface area contributed by atoms with Crippen molar-refractivity contribution in [3.63, 3.8) is 0 Å². The van der Waals surface area contributed by atoms with Crippen molar-refractivity contribution < 1.29 is 28.6 Å². The molecule has 2 amide bonds. The molecular weight excluding hydrogens is 484 g/mol. The number of benzene rings is 2. The van der Waals surface area contributed by atoms with Gasteiger partial charge in [-0.1, -0.05) is 43.3 Å². The van der Waals surface area contributed by atoms with Gasteiger partial charge in [0.05, 0.1) is 7.11 Å². The predicted octanol–water partition coefficient (Wildman–Crippen LogP) is 2.63. The number of carbonyl (C=O) groups is 3. The van der Waals surface area contributed by atoms with Gasteiger partial charge in [0.2, 0.25) is 11.8 Å². The summed E-state index contributed by atoms with van der Waals surface area (Å²) in [4.78, 5) is 42.3. The highest BCUT2D eigenvalue weighted by Gasteiger charge is 2.31. The van der Waals surface area contributed by atoms with E-state index in [1.165, 1.54) is 12.5 Å². The molecule has 1 aliphatic heterocycles. The van der Waals surface area contributed by atoms with Gasteiger partial charge in [-0.25, -0.2) is 9.78 Å². The van der Waals surface area contributed by atoms with E-state index in [2.05, 4.69) is 20.4 Å². The number of hydrogen-bond acceptors (Lipinski definition) is 9. The highest BCUT2D eigenvalue weighted by Crippen LogP contribution is 2.32. The van der Waals surface area contributed by atoms with E-state index < -0.39 is 35.8 Å². The third-order valence-corrected chi connectivity index (χ3v) is 6.50. The fourth-order valence-electron chi connectivity index (χ4n) is 3.73. The van der Waals surface area contributed by atoms with Crippen LogP contribution in [0.15, 0.2) is 53.9 Å². The lowest BCUT2D eigenvalue weighted by Gasteiger charge is -2.26. The number of thiazole rings is 1. The number of anilines is 1. The molecule has 2 heterocycles. The lowest BCUT2D eigenvalue weighted by molar-refractivity contribution is -0.127. The van der Waals surface area contributed by atoms with Crippen molar-refractivity contribution in [2.75, 3.05) is 25.6 Å². The summed E-state index contributed by atoms with van der Waals surface area (Å²) in [5.41, 5.74) is 7.71. The number of fused-ring (bicyclic) bond motifs is 1. The fraction of sp³-hybridized carbons (Fsp3) is 0.280. The molecule has 0 saturated heterocycles. The molecule has 4 rings (SSSR count). The molecule has 0 bridgehead atoms. The molecular formula is C25H26N4O6S. The molecule has 3 atom stereocenters. The van der Waals surface area contributed by atoms with Gasteiger partial charge in [-0.15, -0.1) is 11.3 Å². The maximum atomic E-state index is 13.3. The second kappa shape index (κ2) is 11.2. The first-order valence-corrected chi connectivity index (χ1v) is 12.1. The minimum atomic E-state index is -1.05. The van der Waals surface area contributed by atoms with Crippen molar-refractivity contribution >= 4 is 34.3 Å². The van der Waals surface area contributed by atoms with Crippen LogP contribution < -0.4 is 25.8 Å². The second-order valence-electron chi connectivity index (χ2n) is 8.09. The summed E-state index contributed by atoms with van der Waals surface area (Å²) in [6.07, 6.45) is 0. The number of methoxy groups -OCH3 is 1. The van der Waals surface area contributed by atoms with Gasteiger partial charge in [0.1, 0.15) is 25.3 Å². The average Bonchev–Trinajstić information content (AvgIpc) is 3.38. The van der Waals surface area contributed by atoms with Gasteiger partial charge in [-0.2, -0.15) is 0 Å². The highest BCUT2D eigenvalue weighted by molar-refractivity contribution is 7.14. The first-order valence-electron chi connectivity index (χ1n) is 11.2. The zero-order chi connectivity index (χ0) is 25.7. The van der Waals surface area contributed by atoms with Crippen LogP contribution in [0, 0.1) is 0 Å². The summed E-state index contributed by atoms with van der Waals surface area (Å²) < 4.78 is 15.8. The maximum Gasteiger partial charge on any atom is 0.357 e. The molecule has 1 aliphatic rings. The maximum absolute atomic E-state index is 13.3. The Labute approximate surface area is 211 Å². The Bertz CT molecular complexity index is 1250. The van der Waals surface area contributed by atoms with Gasteiger partial charge in [-0.3, -0.25) is 9.59 Å². The molecule has 3 aromatic rings. The van der Waals surface area contributed by atoms with Crippen molar-refractivity contribution in [1.29, 1.82) is 0 Å². The van der Waals surface area contributed by atoms with Crippen molar-refractivity contribution in [2.45, 2.75) is 24.9 Å². The van der Waals surface area contributed by atoms with Crippen molar-refractivity contribution in [3.05, 3.63) is 70.7 Å². The Morgan fingerprint density at radius 2 is 1.75 bits per heavy atom. The van der Waals surface area contributed by atoms with Gasteiger partial charge in [0.15, 0.2) is 22.3 Å². The number of rotatable bonds is 8. The predicted molar refractivity (Wildman–Crippen MR) is 133 cm³/mol. The standard InChI is InChI=1S/C25H26N4O6S/c1-14(15-6-4-3-5-7-15)21(23(31)29-25-27-17(13-36-25)24(32)33-2)28-22(30)20(26)16-8-9-18-19(12-16)35-11-10-34-18/h3-9,12-14,20-21H,10-11,26H2,1-2H3,(H,28,30)(H,27,29,31)/t14-,20?,21-/m0/s1. The Hall–Kier alpha value is -3.96. The summed E-state index contributed by atoms with van der Waals surface area (Å²) in [5.74, 6) is -0.951. The van der Waals surface area contributed by atoms with E-state index in [4.69, 9.17) is 15.2 Å². The van der Waals surface area contributed by atoms with E-state index in [1.54, 1.807) is 18.2 Å². The first kappa shape index (κ1) is 25.1. The Balaban J connectivity index is 1.54. The summed E-state index contributed by atoms with van der Waals surface area (Å²) in [7, 11) is 1.25. The van der Waals surface area contributed by atoms with E-state index in [9.17, 15) is 14.4 Å². The van der Waals surface area contributed by atoms with Crippen molar-refractivity contribution in [2.24, 2.45) is 5.73 Å². The van der Waals surface area contributed by atoms with Crippen LogP contribution in [-0.2, 0) is 14.3 Å². The molecule has 1 unspecified atom stereocenters. The largest absolute Gasteiger partial charge is 0.486 e. The normalized spacial score (nSPS) is 14.8. The molecule has 188 valence electrons. The number of ether oxygens (including phenoxy) is 3.